The standard InChI is InChI=1S/C36H29F6N11O5S2/c1-4-59(55,56)30-24-12-18(2)8-10-52(24)48-28(30)34-47-22-13-20(35(37,38)39)15-45-32(22)51(34)9-5-11-60(57,58)29-23-7-6-19(31(43)54)17-53(23)49-27(29)33-46-21-14-26(36(40,41)42)44-16-25(21)50(33)3/h6-8,10,12-17H,4-5,9,11H2,1-3H3,(H2,43,54). The maximum Gasteiger partial charge on any atom is 0.433 e. The molecule has 0 bridgehead atoms. The Bertz CT molecular complexity index is 3310. The van der Waals surface area contributed by atoms with Gasteiger partial charge in [-0.3, -0.25) is 4.79 Å². The van der Waals surface area contributed by atoms with Crippen molar-refractivity contribution in [2.24, 2.45) is 12.8 Å². The number of nitrogens with two attached hydrogens (primary N) is 1. The SMILES string of the molecule is CCS(=O)(=O)c1c(-c2nc3cc(C(F)(F)F)cnc3n2CCCS(=O)(=O)c2c(-c3nc4cc(C(F)(F)F)ncc4n3C)nn3cc(C(N)=O)ccc23)nn2ccc(C)cc12. The number of hydrogen-bond acceptors (Lipinski definition) is 11. The zero-order valence-corrected chi connectivity index (χ0v) is 32.9. The lowest BCUT2D eigenvalue weighted by molar-refractivity contribution is -0.141. The number of pyridine rings is 4. The Morgan fingerprint density at radius 2 is 1.47 bits per heavy atom. The van der Waals surface area contributed by atoms with Crippen LogP contribution < -0.4 is 5.73 Å². The molecule has 2 N–H and O–H groups in total. The van der Waals surface area contributed by atoms with E-state index in [0.717, 1.165) is 16.8 Å². The van der Waals surface area contributed by atoms with Crippen molar-refractivity contribution < 1.29 is 48.0 Å². The van der Waals surface area contributed by atoms with Gasteiger partial charge in [-0.25, -0.2) is 45.8 Å². The summed E-state index contributed by atoms with van der Waals surface area (Å²) in [5, 5.41) is 8.86. The molecule has 16 nitrogen and oxygen atoms in total. The van der Waals surface area contributed by atoms with Crippen molar-refractivity contribution in [2.75, 3.05) is 11.5 Å². The summed E-state index contributed by atoms with van der Waals surface area (Å²) in [7, 11) is -7.12. The van der Waals surface area contributed by atoms with Gasteiger partial charge in [0.25, 0.3) is 0 Å². The summed E-state index contributed by atoms with van der Waals surface area (Å²) in [6, 6.07) is 7.23. The van der Waals surface area contributed by atoms with Crippen LogP contribution in [0.2, 0.25) is 0 Å². The van der Waals surface area contributed by atoms with Gasteiger partial charge in [-0.05, 0) is 55.3 Å². The second kappa shape index (κ2) is 13.8. The molecular weight excluding hydrogens is 845 g/mol. The molecule has 60 heavy (non-hydrogen) atoms. The smallest absolute Gasteiger partial charge is 0.366 e. The Hall–Kier alpha value is -6.43. The van der Waals surface area contributed by atoms with Gasteiger partial charge in [-0.15, -0.1) is 0 Å². The van der Waals surface area contributed by atoms with E-state index >= 15 is 0 Å². The van der Waals surface area contributed by atoms with Crippen LogP contribution in [0.25, 0.3) is 56.3 Å². The maximum absolute atomic E-state index is 14.5. The van der Waals surface area contributed by atoms with E-state index in [1.807, 2.05) is 0 Å². The summed E-state index contributed by atoms with van der Waals surface area (Å²) in [6.07, 6.45) is -5.69. The molecule has 0 atom stereocenters. The lowest BCUT2D eigenvalue weighted by Gasteiger charge is -2.10. The van der Waals surface area contributed by atoms with Crippen LogP contribution in [0.3, 0.4) is 0 Å². The van der Waals surface area contributed by atoms with E-state index in [2.05, 4.69) is 30.1 Å². The number of nitrogens with zero attached hydrogens (tertiary/aromatic N) is 10. The molecule has 0 unspecified atom stereocenters. The Balaban J connectivity index is 1.25. The Labute approximate surface area is 334 Å². The average Bonchev–Trinajstić information content (AvgIpc) is 3.93. The lowest BCUT2D eigenvalue weighted by Crippen LogP contribution is -2.13. The predicted octanol–water partition coefficient (Wildman–Crippen LogP) is 5.44. The van der Waals surface area contributed by atoms with Crippen LogP contribution in [0.4, 0.5) is 26.3 Å². The largest absolute Gasteiger partial charge is 0.433 e. The van der Waals surface area contributed by atoms with E-state index in [1.54, 1.807) is 19.1 Å². The second-order valence-corrected chi connectivity index (χ2v) is 18.0. The van der Waals surface area contributed by atoms with E-state index < -0.39 is 59.8 Å². The van der Waals surface area contributed by atoms with E-state index in [9.17, 15) is 48.0 Å². The summed E-state index contributed by atoms with van der Waals surface area (Å²) in [5.41, 5.74) is 2.96. The van der Waals surface area contributed by atoms with Crippen LogP contribution >= 0.6 is 0 Å². The summed E-state index contributed by atoms with van der Waals surface area (Å²) in [5.74, 6) is -2.24. The highest BCUT2D eigenvalue weighted by Gasteiger charge is 2.36. The third kappa shape index (κ3) is 6.77. The van der Waals surface area contributed by atoms with Gasteiger partial charge in [0.1, 0.15) is 32.4 Å². The molecule has 0 fully saturated rings. The second-order valence-electron chi connectivity index (χ2n) is 13.8. The van der Waals surface area contributed by atoms with Gasteiger partial charge in [0.05, 0.1) is 50.9 Å². The molecule has 312 valence electrons. The van der Waals surface area contributed by atoms with Crippen LogP contribution in [0.1, 0.15) is 40.5 Å². The molecule has 0 saturated heterocycles. The molecule has 1 amide bonds. The quantitative estimate of drug-likeness (QED) is 0.171. The molecule has 0 spiro atoms. The van der Waals surface area contributed by atoms with E-state index in [-0.39, 0.29) is 85.4 Å². The highest BCUT2D eigenvalue weighted by atomic mass is 32.2. The Kier molecular flexibility index (Phi) is 9.30. The van der Waals surface area contributed by atoms with Gasteiger partial charge in [0.15, 0.2) is 37.0 Å². The van der Waals surface area contributed by atoms with Crippen molar-refractivity contribution in [1.29, 1.82) is 0 Å². The van der Waals surface area contributed by atoms with Gasteiger partial charge in [0.2, 0.25) is 5.91 Å². The molecule has 8 rings (SSSR count). The number of alkyl halides is 6. The van der Waals surface area contributed by atoms with Crippen molar-refractivity contribution in [3.63, 3.8) is 0 Å². The molecule has 0 aliphatic carbocycles. The average molecular weight is 874 g/mol. The third-order valence-electron chi connectivity index (χ3n) is 9.80. The minimum atomic E-state index is -4.81. The number of carbonyl (C=O) groups is 1. The zero-order valence-electron chi connectivity index (χ0n) is 31.3. The van der Waals surface area contributed by atoms with Crippen molar-refractivity contribution >= 4 is 58.8 Å². The first-order chi connectivity index (χ1) is 28.1. The summed E-state index contributed by atoms with van der Waals surface area (Å²) >= 11 is 0. The van der Waals surface area contributed by atoms with Gasteiger partial charge < -0.3 is 14.9 Å². The summed E-state index contributed by atoms with van der Waals surface area (Å²) in [4.78, 5) is 27.6. The van der Waals surface area contributed by atoms with Crippen LogP contribution in [0, 0.1) is 6.92 Å². The molecule has 8 aromatic heterocycles. The molecular formula is C36H29F6N11O5S2. The van der Waals surface area contributed by atoms with E-state index in [4.69, 9.17) is 5.73 Å². The lowest BCUT2D eigenvalue weighted by atomic mass is 10.2. The van der Waals surface area contributed by atoms with Crippen LogP contribution in [-0.2, 0) is 45.6 Å². The Morgan fingerprint density at radius 3 is 2.15 bits per heavy atom. The third-order valence-corrected chi connectivity index (χ3v) is 13.4. The van der Waals surface area contributed by atoms with Crippen molar-refractivity contribution in [3.8, 4) is 23.0 Å². The number of imidazole rings is 2. The number of primary amides is 1. The number of aryl methyl sites for hydroxylation is 3. The van der Waals surface area contributed by atoms with Gasteiger partial charge in [-0.1, -0.05) is 6.92 Å². The van der Waals surface area contributed by atoms with Crippen molar-refractivity contribution in [2.45, 2.75) is 49.0 Å². The molecule has 0 radical (unpaired) electrons. The number of halogens is 6. The number of carbonyl (C=O) groups excluding carboxylic acids is 1. The predicted molar refractivity (Wildman–Crippen MR) is 202 cm³/mol. The van der Waals surface area contributed by atoms with Crippen LogP contribution in [-0.4, -0.2) is 82.5 Å². The normalized spacial score (nSPS) is 13.1. The van der Waals surface area contributed by atoms with Gasteiger partial charge in [0, 0.05) is 32.2 Å². The van der Waals surface area contributed by atoms with Crippen LogP contribution in [0.15, 0.2) is 71.0 Å². The number of hydrogen-bond donors (Lipinski definition) is 1. The van der Waals surface area contributed by atoms with E-state index in [1.165, 1.54) is 52.1 Å². The summed E-state index contributed by atoms with van der Waals surface area (Å²) < 4.78 is 143. The molecule has 8 heterocycles. The first-order valence-corrected chi connectivity index (χ1v) is 21.0. The molecule has 0 aliphatic rings. The zero-order chi connectivity index (χ0) is 43.3. The molecule has 8 aromatic rings. The van der Waals surface area contributed by atoms with Crippen molar-refractivity contribution in [1.82, 2.24) is 48.3 Å². The first kappa shape index (κ1) is 40.4. The van der Waals surface area contributed by atoms with Gasteiger partial charge >= 0.3 is 12.4 Å². The van der Waals surface area contributed by atoms with Crippen molar-refractivity contribution in [3.05, 3.63) is 83.6 Å². The maximum atomic E-state index is 14.5. The molecule has 0 saturated carbocycles. The minimum absolute atomic E-state index is 0.0410. The van der Waals surface area contributed by atoms with E-state index in [0.29, 0.717) is 17.8 Å². The fourth-order valence-electron chi connectivity index (χ4n) is 6.88. The molecule has 0 aliphatic heterocycles. The summed E-state index contributed by atoms with van der Waals surface area (Å²) in [6.45, 7) is 2.86. The number of amides is 1. The fourth-order valence-corrected chi connectivity index (χ4v) is 9.69. The molecule has 24 heteroatoms. The highest BCUT2D eigenvalue weighted by molar-refractivity contribution is 7.92. The fraction of sp³-hybridized carbons (Fsp3) is 0.250. The first-order valence-electron chi connectivity index (χ1n) is 17.7. The number of aromatic nitrogens is 10. The number of fused-ring (bicyclic) bond motifs is 4. The Morgan fingerprint density at radius 1 is 0.783 bits per heavy atom. The topological polar surface area (TPSA) is 207 Å². The number of rotatable bonds is 10. The molecule has 0 aromatic carbocycles. The highest BCUT2D eigenvalue weighted by Crippen LogP contribution is 2.37. The van der Waals surface area contributed by atoms with Crippen LogP contribution in [0.5, 0.6) is 0 Å². The minimum Gasteiger partial charge on any atom is -0.366 e. The monoisotopic (exact) mass is 873 g/mol. The van der Waals surface area contributed by atoms with Gasteiger partial charge in [-0.2, -0.15) is 36.5 Å². The number of sulfone groups is 2.